The maximum absolute atomic E-state index is 12.2. The molecule has 1 aromatic carbocycles. The molecule has 2 heterocycles. The number of hydrogen-bond acceptors (Lipinski definition) is 7. The van der Waals surface area contributed by atoms with Gasteiger partial charge < -0.3 is 9.47 Å². The van der Waals surface area contributed by atoms with Crippen molar-refractivity contribution in [1.82, 2.24) is 14.5 Å². The summed E-state index contributed by atoms with van der Waals surface area (Å²) < 4.78 is 39.0. The molecule has 1 N–H and O–H groups in total. The molecule has 178 valence electrons. The lowest BCUT2D eigenvalue weighted by Crippen LogP contribution is -2.59. The largest absolute Gasteiger partial charge is 0.494 e. The Bertz CT molecular complexity index is 863. The Morgan fingerprint density at radius 1 is 1.06 bits per heavy atom. The van der Waals surface area contributed by atoms with Crippen LogP contribution >= 0.6 is 0 Å². The number of fused-ring (bicyclic) bond motifs is 2. The molecule has 0 spiro atoms. The predicted molar refractivity (Wildman–Crippen MR) is 124 cm³/mol. The lowest BCUT2D eigenvalue weighted by atomic mass is 10.1. The van der Waals surface area contributed by atoms with Crippen LogP contribution in [0.4, 0.5) is 0 Å². The fourth-order valence-corrected chi connectivity index (χ4v) is 5.87. The highest BCUT2D eigenvalue weighted by Crippen LogP contribution is 2.20. The quantitative estimate of drug-likeness (QED) is 0.528. The van der Waals surface area contributed by atoms with Gasteiger partial charge in [0.25, 0.3) is 0 Å². The monoisotopic (exact) mass is 464 g/mol. The number of nitrogens with zero attached hydrogens (tertiary/aromatic N) is 3. The van der Waals surface area contributed by atoms with Gasteiger partial charge in [0.2, 0.25) is 10.0 Å². The van der Waals surface area contributed by atoms with Gasteiger partial charge in [-0.05, 0) is 64.4 Å². The third-order valence-corrected chi connectivity index (χ3v) is 7.20. The van der Waals surface area contributed by atoms with Crippen LogP contribution in [0.25, 0.3) is 0 Å². The number of hydrogen-bond donors (Lipinski definition) is 1. The van der Waals surface area contributed by atoms with Gasteiger partial charge in [-0.1, -0.05) is 0 Å². The lowest BCUT2D eigenvalue weighted by Gasteiger charge is -2.46. The van der Waals surface area contributed by atoms with Crippen molar-refractivity contribution in [2.75, 3.05) is 51.6 Å². The van der Waals surface area contributed by atoms with Gasteiger partial charge in [-0.2, -0.15) is 5.26 Å². The summed E-state index contributed by atoms with van der Waals surface area (Å²) in [6, 6.07) is 9.29. The molecule has 0 aromatic heterocycles. The number of sulfonamides is 1. The highest BCUT2D eigenvalue weighted by Gasteiger charge is 2.34. The highest BCUT2D eigenvalue weighted by molar-refractivity contribution is 7.89. The molecule has 2 bridgehead atoms. The molecular weight excluding hydrogens is 428 g/mol. The Kier molecular flexibility index (Phi) is 8.53. The maximum atomic E-state index is 12.2. The Hall–Kier alpha value is -1.70. The minimum absolute atomic E-state index is 0.155. The van der Waals surface area contributed by atoms with E-state index in [-0.39, 0.29) is 18.0 Å². The van der Waals surface area contributed by atoms with Crippen molar-refractivity contribution in [3.63, 3.8) is 0 Å². The maximum Gasteiger partial charge on any atom is 0.212 e. The molecule has 2 fully saturated rings. The van der Waals surface area contributed by atoms with Crippen LogP contribution in [-0.2, 0) is 14.8 Å². The van der Waals surface area contributed by atoms with E-state index in [1.807, 2.05) is 32.9 Å². The predicted octanol–water partition coefficient (Wildman–Crippen LogP) is 1.82. The van der Waals surface area contributed by atoms with Gasteiger partial charge in [0.1, 0.15) is 5.75 Å². The molecule has 0 amide bonds. The van der Waals surface area contributed by atoms with Crippen LogP contribution < -0.4 is 9.46 Å². The van der Waals surface area contributed by atoms with Crippen LogP contribution in [0, 0.1) is 11.3 Å². The van der Waals surface area contributed by atoms with E-state index in [4.69, 9.17) is 14.7 Å². The molecule has 2 atom stereocenters. The summed E-state index contributed by atoms with van der Waals surface area (Å²) in [5.41, 5.74) is 0.195. The van der Waals surface area contributed by atoms with Crippen LogP contribution in [0.5, 0.6) is 5.75 Å². The van der Waals surface area contributed by atoms with E-state index in [2.05, 4.69) is 20.6 Å². The zero-order valence-corrected chi connectivity index (χ0v) is 20.2. The van der Waals surface area contributed by atoms with E-state index >= 15 is 0 Å². The van der Waals surface area contributed by atoms with E-state index < -0.39 is 15.6 Å². The van der Waals surface area contributed by atoms with Crippen LogP contribution in [-0.4, -0.2) is 87.6 Å². The molecular formula is C23H36N4O4S. The number of nitrogens with one attached hydrogen (secondary N) is 1. The highest BCUT2D eigenvalue weighted by atomic mass is 32.2. The minimum atomic E-state index is -3.25. The first kappa shape index (κ1) is 24.9. The molecule has 9 heteroatoms. The SMILES string of the molecule is CC(C)(C)NS(=O)(=O)CCCN1CC2CN(CCCOc3ccc(C#N)cc3)CC(C1)O2. The van der Waals surface area contributed by atoms with Crippen molar-refractivity contribution in [3.05, 3.63) is 29.8 Å². The molecule has 2 saturated heterocycles. The lowest BCUT2D eigenvalue weighted by molar-refractivity contribution is -0.138. The molecule has 2 aliphatic heterocycles. The van der Waals surface area contributed by atoms with Crippen LogP contribution in [0.2, 0.25) is 0 Å². The van der Waals surface area contributed by atoms with Crippen molar-refractivity contribution in [2.45, 2.75) is 51.4 Å². The second-order valence-electron chi connectivity index (χ2n) is 9.76. The van der Waals surface area contributed by atoms with Gasteiger partial charge in [0, 0.05) is 38.3 Å². The van der Waals surface area contributed by atoms with Gasteiger partial charge in [-0.3, -0.25) is 9.80 Å². The zero-order valence-electron chi connectivity index (χ0n) is 19.4. The van der Waals surface area contributed by atoms with E-state index in [9.17, 15) is 8.42 Å². The Morgan fingerprint density at radius 2 is 1.62 bits per heavy atom. The molecule has 0 radical (unpaired) electrons. The number of nitriles is 1. The van der Waals surface area contributed by atoms with Gasteiger partial charge in [0.15, 0.2) is 0 Å². The summed E-state index contributed by atoms with van der Waals surface area (Å²) in [5.74, 6) is 0.945. The second kappa shape index (κ2) is 10.9. The number of rotatable bonds is 10. The number of benzene rings is 1. The molecule has 1 aromatic rings. The Morgan fingerprint density at radius 3 is 2.16 bits per heavy atom. The first-order valence-electron chi connectivity index (χ1n) is 11.4. The minimum Gasteiger partial charge on any atom is -0.494 e. The van der Waals surface area contributed by atoms with Crippen molar-refractivity contribution in [3.8, 4) is 11.8 Å². The van der Waals surface area contributed by atoms with Crippen LogP contribution in [0.3, 0.4) is 0 Å². The van der Waals surface area contributed by atoms with Gasteiger partial charge in [-0.15, -0.1) is 0 Å². The summed E-state index contributed by atoms with van der Waals surface area (Å²) >= 11 is 0. The summed E-state index contributed by atoms with van der Waals surface area (Å²) in [6.07, 6.45) is 1.90. The molecule has 32 heavy (non-hydrogen) atoms. The molecule has 3 rings (SSSR count). The summed E-state index contributed by atoms with van der Waals surface area (Å²) in [5, 5.41) is 8.85. The van der Waals surface area contributed by atoms with Gasteiger partial charge >= 0.3 is 0 Å². The summed E-state index contributed by atoms with van der Waals surface area (Å²) in [7, 11) is -3.25. The topological polar surface area (TPSA) is 94.9 Å². The second-order valence-corrected chi connectivity index (χ2v) is 11.6. The molecule has 8 nitrogen and oxygen atoms in total. The van der Waals surface area contributed by atoms with Crippen molar-refractivity contribution >= 4 is 10.0 Å². The van der Waals surface area contributed by atoms with Crippen molar-refractivity contribution in [1.29, 1.82) is 5.26 Å². The average molecular weight is 465 g/mol. The zero-order chi connectivity index (χ0) is 23.2. The molecule has 2 unspecified atom stereocenters. The summed E-state index contributed by atoms with van der Waals surface area (Å²) in [6.45, 7) is 11.4. The van der Waals surface area contributed by atoms with E-state index in [1.165, 1.54) is 0 Å². The number of morpholine rings is 2. The van der Waals surface area contributed by atoms with E-state index in [0.29, 0.717) is 18.6 Å². The normalized spacial score (nSPS) is 22.4. The average Bonchev–Trinajstić information content (AvgIpc) is 2.69. The molecule has 0 saturated carbocycles. The molecule has 0 aliphatic carbocycles. The van der Waals surface area contributed by atoms with E-state index in [1.54, 1.807) is 12.1 Å². The van der Waals surface area contributed by atoms with Gasteiger partial charge in [-0.25, -0.2) is 13.1 Å². The first-order valence-corrected chi connectivity index (χ1v) is 13.0. The van der Waals surface area contributed by atoms with Crippen LogP contribution in [0.15, 0.2) is 24.3 Å². The first-order chi connectivity index (χ1) is 15.1. The smallest absolute Gasteiger partial charge is 0.212 e. The van der Waals surface area contributed by atoms with Gasteiger partial charge in [0.05, 0.1) is 36.2 Å². The van der Waals surface area contributed by atoms with Crippen molar-refractivity contribution in [2.24, 2.45) is 0 Å². The fraction of sp³-hybridized carbons (Fsp3) is 0.696. The third-order valence-electron chi connectivity index (χ3n) is 5.45. The van der Waals surface area contributed by atoms with Crippen LogP contribution in [0.1, 0.15) is 39.2 Å². The number of ether oxygens (including phenoxy) is 2. The standard InChI is InChI=1S/C23H36N4O4S/c1-23(2,3)25-32(28,29)13-5-11-27-17-21-15-26(16-22(18-27)31-21)10-4-12-30-20-8-6-19(14-24)7-9-20/h6-9,21-22,25H,4-5,10-13,15-18H2,1-3H3. The van der Waals surface area contributed by atoms with E-state index in [0.717, 1.165) is 51.4 Å². The summed E-state index contributed by atoms with van der Waals surface area (Å²) in [4.78, 5) is 4.78. The fourth-order valence-electron chi connectivity index (χ4n) is 4.33. The molecule has 2 aliphatic rings. The van der Waals surface area contributed by atoms with Crippen molar-refractivity contribution < 1.29 is 17.9 Å². The Balaban J connectivity index is 1.33. The third kappa shape index (κ3) is 8.34. The Labute approximate surface area is 192 Å².